The van der Waals surface area contributed by atoms with Gasteiger partial charge in [-0.05, 0) is 56.5 Å². The zero-order chi connectivity index (χ0) is 28.5. The lowest BCUT2D eigenvalue weighted by Gasteiger charge is -2.20. The number of alkyl halides is 3. The summed E-state index contributed by atoms with van der Waals surface area (Å²) in [7, 11) is 3.15. The number of carbonyl (C=O) groups is 1. The van der Waals surface area contributed by atoms with Gasteiger partial charge in [-0.25, -0.2) is 5.84 Å². The van der Waals surface area contributed by atoms with Crippen LogP contribution >= 0.6 is 0 Å². The topological polar surface area (TPSA) is 123 Å². The van der Waals surface area contributed by atoms with Gasteiger partial charge in [-0.2, -0.15) is 18.3 Å². The van der Waals surface area contributed by atoms with Gasteiger partial charge in [0, 0.05) is 48.2 Å². The van der Waals surface area contributed by atoms with Gasteiger partial charge in [-0.15, -0.1) is 0 Å². The molecular weight excluding hydrogens is 511 g/mol. The van der Waals surface area contributed by atoms with Gasteiger partial charge in [0.25, 0.3) is 5.91 Å². The SMILES string of the molecule is COc1c(CNC2CC2)cc(C(F)(F)F)cc1NC(=O)c1ccc(C)c(N(N)/C=C(\N)c2cnn(C)c2C)c1. The van der Waals surface area contributed by atoms with Crippen LogP contribution in [-0.2, 0) is 19.8 Å². The number of benzene rings is 2. The molecule has 4 rings (SSSR count). The summed E-state index contributed by atoms with van der Waals surface area (Å²) in [5.74, 6) is 5.82. The summed E-state index contributed by atoms with van der Waals surface area (Å²) in [5, 5.41) is 11.3. The average molecular weight is 544 g/mol. The number of ether oxygens (including phenoxy) is 1. The summed E-state index contributed by atoms with van der Waals surface area (Å²) in [6, 6.07) is 6.99. The molecule has 12 heteroatoms. The van der Waals surface area contributed by atoms with Gasteiger partial charge in [-0.3, -0.25) is 14.5 Å². The van der Waals surface area contributed by atoms with Crippen LogP contribution < -0.4 is 32.0 Å². The fourth-order valence-electron chi connectivity index (χ4n) is 4.15. The molecule has 0 spiro atoms. The highest BCUT2D eigenvalue weighted by molar-refractivity contribution is 6.06. The molecule has 1 aliphatic rings. The normalized spacial score (nSPS) is 13.9. The third kappa shape index (κ3) is 6.35. The summed E-state index contributed by atoms with van der Waals surface area (Å²) in [4.78, 5) is 13.2. The molecule has 9 nitrogen and oxygen atoms in total. The predicted octanol–water partition coefficient (Wildman–Crippen LogP) is 4.21. The van der Waals surface area contributed by atoms with E-state index in [4.69, 9.17) is 16.3 Å². The van der Waals surface area contributed by atoms with Gasteiger partial charge in [0.15, 0.2) is 0 Å². The van der Waals surface area contributed by atoms with Crippen molar-refractivity contribution in [3.05, 3.63) is 76.2 Å². The van der Waals surface area contributed by atoms with Gasteiger partial charge < -0.3 is 21.1 Å². The second-order valence-corrected chi connectivity index (χ2v) is 9.58. The van der Waals surface area contributed by atoms with E-state index in [0.29, 0.717) is 22.5 Å². The monoisotopic (exact) mass is 543 g/mol. The van der Waals surface area contributed by atoms with Crippen molar-refractivity contribution >= 4 is 23.0 Å². The zero-order valence-electron chi connectivity index (χ0n) is 22.2. The summed E-state index contributed by atoms with van der Waals surface area (Å²) in [6.07, 6.45) is 0.491. The number of carbonyl (C=O) groups excluding carboxylic acids is 1. The van der Waals surface area contributed by atoms with E-state index >= 15 is 0 Å². The number of hydrogen-bond acceptors (Lipinski definition) is 7. The average Bonchev–Trinajstić information content (AvgIpc) is 3.65. The molecule has 0 bridgehead atoms. The molecule has 1 amide bonds. The van der Waals surface area contributed by atoms with Crippen molar-refractivity contribution in [3.8, 4) is 5.75 Å². The standard InChI is InChI=1S/C27H32F3N7O2/c1-15-5-6-17(10-24(15)37(32)14-22(31)21-13-34-36(3)16(21)2)26(38)35-23-11-19(27(28,29)30)9-18(25(23)39-4)12-33-20-7-8-20/h5-6,9-11,13-14,20,33H,7-8,12,31-32H2,1-4H3,(H,35,38)/b22-14-. The first kappa shape index (κ1) is 28.0. The fraction of sp³-hybridized carbons (Fsp3) is 0.333. The lowest BCUT2D eigenvalue weighted by atomic mass is 10.1. The first-order chi connectivity index (χ1) is 18.4. The molecule has 1 heterocycles. The minimum absolute atomic E-state index is 0.0761. The summed E-state index contributed by atoms with van der Waals surface area (Å²) >= 11 is 0. The molecule has 1 saturated carbocycles. The van der Waals surface area contributed by atoms with Gasteiger partial charge in [0.1, 0.15) is 5.75 Å². The van der Waals surface area contributed by atoms with Crippen molar-refractivity contribution in [1.82, 2.24) is 15.1 Å². The minimum Gasteiger partial charge on any atom is -0.494 e. The fourth-order valence-corrected chi connectivity index (χ4v) is 4.15. The molecule has 0 aliphatic heterocycles. The predicted molar refractivity (Wildman–Crippen MR) is 144 cm³/mol. The first-order valence-electron chi connectivity index (χ1n) is 12.3. The maximum atomic E-state index is 13.7. The van der Waals surface area contributed by atoms with E-state index in [0.717, 1.165) is 36.2 Å². The Morgan fingerprint density at radius 2 is 1.97 bits per heavy atom. The summed E-state index contributed by atoms with van der Waals surface area (Å²) in [5.41, 5.74) is 8.95. The Bertz CT molecular complexity index is 1410. The van der Waals surface area contributed by atoms with Crippen molar-refractivity contribution < 1.29 is 22.7 Å². The highest BCUT2D eigenvalue weighted by atomic mass is 19.4. The molecule has 39 heavy (non-hydrogen) atoms. The van der Waals surface area contributed by atoms with Crippen LogP contribution in [0.5, 0.6) is 5.75 Å². The smallest absolute Gasteiger partial charge is 0.416 e. The van der Waals surface area contributed by atoms with Crippen molar-refractivity contribution in [2.45, 2.75) is 45.5 Å². The third-order valence-electron chi connectivity index (χ3n) is 6.68. The number of hydrazine groups is 1. The number of rotatable bonds is 9. The number of aryl methyl sites for hydroxylation is 2. The molecule has 0 radical (unpaired) electrons. The van der Waals surface area contributed by atoms with E-state index in [1.54, 1.807) is 36.1 Å². The van der Waals surface area contributed by atoms with Crippen LogP contribution in [0.3, 0.4) is 0 Å². The molecule has 3 aromatic rings. The summed E-state index contributed by atoms with van der Waals surface area (Å²) in [6.45, 7) is 3.86. The highest BCUT2D eigenvalue weighted by Crippen LogP contribution is 2.38. The van der Waals surface area contributed by atoms with E-state index in [-0.39, 0.29) is 29.6 Å². The number of nitrogens with one attached hydrogen (secondary N) is 2. The number of nitrogens with two attached hydrogens (primary N) is 2. The minimum atomic E-state index is -4.60. The van der Waals surface area contributed by atoms with Gasteiger partial charge in [-0.1, -0.05) is 6.07 Å². The van der Waals surface area contributed by atoms with E-state index in [9.17, 15) is 18.0 Å². The number of anilines is 2. The number of hydrogen-bond donors (Lipinski definition) is 4. The Morgan fingerprint density at radius 3 is 2.56 bits per heavy atom. The van der Waals surface area contributed by atoms with Crippen LogP contribution in [0.4, 0.5) is 24.5 Å². The van der Waals surface area contributed by atoms with Gasteiger partial charge in [0.2, 0.25) is 0 Å². The Labute approximate surface area is 224 Å². The second-order valence-electron chi connectivity index (χ2n) is 9.58. The molecule has 1 aliphatic carbocycles. The van der Waals surface area contributed by atoms with Crippen LogP contribution in [-0.4, -0.2) is 28.8 Å². The Hall–Kier alpha value is -4.03. The first-order valence-corrected chi connectivity index (χ1v) is 12.3. The van der Waals surface area contributed by atoms with Crippen LogP contribution in [0, 0.1) is 13.8 Å². The molecule has 0 unspecified atom stereocenters. The largest absolute Gasteiger partial charge is 0.494 e. The lowest BCUT2D eigenvalue weighted by Crippen LogP contribution is -2.27. The molecule has 2 aromatic carbocycles. The van der Waals surface area contributed by atoms with E-state index in [2.05, 4.69) is 15.7 Å². The van der Waals surface area contributed by atoms with Crippen molar-refractivity contribution in [1.29, 1.82) is 0 Å². The van der Waals surface area contributed by atoms with E-state index in [1.165, 1.54) is 18.3 Å². The molecule has 208 valence electrons. The van der Waals surface area contributed by atoms with Crippen LogP contribution in [0.2, 0.25) is 0 Å². The van der Waals surface area contributed by atoms with Crippen LogP contribution in [0.25, 0.3) is 5.70 Å². The lowest BCUT2D eigenvalue weighted by molar-refractivity contribution is -0.137. The van der Waals surface area contributed by atoms with E-state index < -0.39 is 17.6 Å². The highest BCUT2D eigenvalue weighted by Gasteiger charge is 2.33. The van der Waals surface area contributed by atoms with Crippen molar-refractivity contribution in [2.75, 3.05) is 17.4 Å². The Morgan fingerprint density at radius 1 is 1.26 bits per heavy atom. The maximum Gasteiger partial charge on any atom is 0.416 e. The molecule has 6 N–H and O–H groups in total. The Balaban J connectivity index is 1.63. The van der Waals surface area contributed by atoms with Crippen LogP contribution in [0.1, 0.15) is 51.1 Å². The van der Waals surface area contributed by atoms with Crippen LogP contribution in [0.15, 0.2) is 42.7 Å². The van der Waals surface area contributed by atoms with Gasteiger partial charge >= 0.3 is 6.18 Å². The molecule has 0 atom stereocenters. The van der Waals surface area contributed by atoms with Gasteiger partial charge in [0.05, 0.1) is 35.9 Å². The quantitative estimate of drug-likeness (QED) is 0.236. The van der Waals surface area contributed by atoms with Crippen molar-refractivity contribution in [2.24, 2.45) is 18.6 Å². The van der Waals surface area contributed by atoms with E-state index in [1.807, 2.05) is 13.8 Å². The maximum absolute atomic E-state index is 13.7. The number of aromatic nitrogens is 2. The molecule has 1 aromatic heterocycles. The number of amides is 1. The second kappa shape index (κ2) is 11.0. The molecule has 1 fully saturated rings. The third-order valence-corrected chi connectivity index (χ3v) is 6.68. The number of methoxy groups -OCH3 is 1. The molecule has 0 saturated heterocycles. The Kier molecular flexibility index (Phi) is 7.89. The van der Waals surface area contributed by atoms with Crippen molar-refractivity contribution in [3.63, 3.8) is 0 Å². The number of nitrogens with zero attached hydrogens (tertiary/aromatic N) is 3. The molecular formula is C27H32F3N7O2. The number of halogens is 3. The zero-order valence-corrected chi connectivity index (χ0v) is 22.2. The summed E-state index contributed by atoms with van der Waals surface area (Å²) < 4.78 is 48.2.